The minimum atomic E-state index is -1.13. The van der Waals surface area contributed by atoms with E-state index >= 15 is 0 Å². The maximum Gasteiger partial charge on any atom is 0.328 e. The molecule has 3 aromatic heterocycles. The number of aromatic nitrogens is 3. The van der Waals surface area contributed by atoms with Crippen molar-refractivity contribution in [2.75, 3.05) is 34.2 Å². The molecule has 3 heterocycles. The van der Waals surface area contributed by atoms with Crippen LogP contribution in [0.4, 0.5) is 0 Å². The fourth-order valence-electron chi connectivity index (χ4n) is 12.1. The molecule has 0 fully saturated rings. The summed E-state index contributed by atoms with van der Waals surface area (Å²) in [5.41, 5.74) is 28.5. The van der Waals surface area contributed by atoms with Crippen molar-refractivity contribution in [3.63, 3.8) is 0 Å². The Morgan fingerprint density at radius 3 is 1.05 bits per heavy atom. The van der Waals surface area contributed by atoms with Gasteiger partial charge in [-0.3, -0.25) is 47.9 Å². The van der Waals surface area contributed by atoms with E-state index in [-0.39, 0.29) is 78.1 Å². The van der Waals surface area contributed by atoms with Crippen LogP contribution in [0.25, 0.3) is 32.7 Å². The summed E-state index contributed by atoms with van der Waals surface area (Å²) in [6.07, 6.45) is 1.37. The predicted molar refractivity (Wildman–Crippen MR) is 410 cm³/mol. The minimum absolute atomic E-state index is 0. The second-order valence-electron chi connectivity index (χ2n) is 26.3. The van der Waals surface area contributed by atoms with Gasteiger partial charge in [0.25, 0.3) is 53.4 Å². The number of esters is 2. The number of fused-ring (bicyclic) bond motifs is 3. The van der Waals surface area contributed by atoms with Crippen molar-refractivity contribution in [2.45, 2.75) is 119 Å². The Morgan fingerprint density at radius 1 is 0.440 bits per heavy atom. The largest absolute Gasteiger partial charge is 0.483 e. The molecule has 580 valence electrons. The van der Waals surface area contributed by atoms with Gasteiger partial charge >= 0.3 is 17.9 Å². The molecule has 0 radical (unpaired) electrons. The smallest absolute Gasteiger partial charge is 0.328 e. The third-order valence-electron chi connectivity index (χ3n) is 17.0. The number of nitrogens with zero attached hydrogens (tertiary/aromatic N) is 3. The molecular formula is C80H94ClN9O19. The summed E-state index contributed by atoms with van der Waals surface area (Å²) in [6.45, 7) is 17.3. The number of methoxy groups -OCH3 is 2. The average molecular weight is 1520 g/mol. The summed E-state index contributed by atoms with van der Waals surface area (Å²) in [5.74, 6) is -7.40. The van der Waals surface area contributed by atoms with Gasteiger partial charge in [0.2, 0.25) is 6.79 Å². The zero-order valence-electron chi connectivity index (χ0n) is 62.6. The van der Waals surface area contributed by atoms with Gasteiger partial charge in [-0.2, -0.15) is 0 Å². The first-order valence-electron chi connectivity index (χ1n) is 34.5. The highest BCUT2D eigenvalue weighted by Crippen LogP contribution is 2.38. The van der Waals surface area contributed by atoms with Crippen molar-refractivity contribution in [1.82, 2.24) is 24.3 Å². The van der Waals surface area contributed by atoms with Crippen LogP contribution < -0.4 is 47.8 Å². The van der Waals surface area contributed by atoms with E-state index in [1.165, 1.54) is 14.2 Å². The third kappa shape index (κ3) is 23.7. The summed E-state index contributed by atoms with van der Waals surface area (Å²) >= 11 is 0. The van der Waals surface area contributed by atoms with Crippen molar-refractivity contribution in [3.8, 4) is 17.2 Å². The molecule has 0 bridgehead atoms. The number of carboxylic acid groups (broad SMARTS) is 1. The molecule has 29 heteroatoms. The molecule has 0 aliphatic heterocycles. The van der Waals surface area contributed by atoms with Crippen LogP contribution in [-0.2, 0) is 77.0 Å². The molecule has 28 nitrogen and oxygen atoms in total. The van der Waals surface area contributed by atoms with Crippen LogP contribution in [-0.4, -0.2) is 142 Å². The highest BCUT2D eigenvalue weighted by molar-refractivity contribution is 6.46. The normalized spacial score (nSPS) is 11.6. The number of hydrogen-bond acceptors (Lipinski definition) is 19. The number of ether oxygens (including phenoxy) is 6. The van der Waals surface area contributed by atoms with Crippen LogP contribution in [0, 0.1) is 38.5 Å². The minimum Gasteiger partial charge on any atom is -0.483 e. The topological polar surface area (TPSA) is 423 Å². The summed E-state index contributed by atoms with van der Waals surface area (Å²) in [7, 11) is 2.61. The van der Waals surface area contributed by atoms with Gasteiger partial charge in [0.15, 0.2) is 13.2 Å². The molecule has 109 heavy (non-hydrogen) atoms. The van der Waals surface area contributed by atoms with E-state index in [1.807, 2.05) is 158 Å². The van der Waals surface area contributed by atoms with E-state index < -0.39 is 90.2 Å². The predicted octanol–water partition coefficient (Wildman–Crippen LogP) is 8.54. The third-order valence-corrected chi connectivity index (χ3v) is 17.0. The molecule has 9 rings (SSSR count). The molecule has 6 aromatic carbocycles. The Bertz CT molecular complexity index is 4720. The summed E-state index contributed by atoms with van der Waals surface area (Å²) in [6, 6.07) is 42.2. The van der Waals surface area contributed by atoms with Crippen LogP contribution in [0.3, 0.4) is 0 Å². The molecule has 0 aliphatic carbocycles. The first-order chi connectivity index (χ1) is 51.3. The van der Waals surface area contributed by atoms with Crippen molar-refractivity contribution in [3.05, 3.63) is 196 Å². The van der Waals surface area contributed by atoms with Crippen LogP contribution in [0.1, 0.15) is 126 Å². The number of benzene rings is 6. The zero-order valence-corrected chi connectivity index (χ0v) is 63.4. The molecule has 0 spiro atoms. The Labute approximate surface area is 636 Å². The van der Waals surface area contributed by atoms with E-state index in [0.717, 1.165) is 16.7 Å². The standard InChI is InChI=1S/C27H31N3O6.C26H29N3O6.C20H18N2O5.C7H15NO2.ClH/c1-16(2)13-19(27(34)35-4)29-22(31)15-36-21-12-8-11-20-24(21)23(25(32)26(28)33)17(3)30(20)14-18-9-6-5-7-10-18;1-15(2)12-18(26(33)34)28-21(30)14-35-20-11-7-10-19-23(20)22(24(31)25(27)32)16(3)29(19)13-17-8-5-4-6-9-17;1-13-17(19(24)20(21)25)18-15(8-5-9-16(18)27-12-26-11-23)22(13)10-14-6-3-2-4-7-14;1-5(2)4-6(8)7(9)10-3;/h5-12,16,19H,13-15H2,1-4H3,(H2,28,33)(H,29,31);4-11,15,18H,12-14H2,1-3H3,(H2,27,32)(H,28,30)(H,33,34);2-9,11H,10,12H2,1H3,(H2,21,25);5-6H,4,8H2,1-3H3;1H/t19-;18-;;6-;/m00.1./s1. The van der Waals surface area contributed by atoms with Gasteiger partial charge in [0.05, 0.1) is 63.6 Å². The van der Waals surface area contributed by atoms with Crippen molar-refractivity contribution in [1.29, 1.82) is 0 Å². The molecule has 0 saturated carbocycles. The van der Waals surface area contributed by atoms with Gasteiger partial charge in [-0.25, -0.2) is 9.59 Å². The second-order valence-corrected chi connectivity index (χ2v) is 26.3. The Morgan fingerprint density at radius 2 is 0.752 bits per heavy atom. The lowest BCUT2D eigenvalue weighted by molar-refractivity contribution is -0.145. The van der Waals surface area contributed by atoms with Gasteiger partial charge in [-0.05, 0) is 111 Å². The van der Waals surface area contributed by atoms with Crippen molar-refractivity contribution in [2.24, 2.45) is 40.7 Å². The SMILES string of the molecule is COC(=O)[C@H](CC(C)C)NC(=O)COc1cccc2c1c(C(=O)C(N)=O)c(C)n2Cc1ccccc1.COC(=O)[C@H](N)CC(C)C.Cc1c(C(=O)C(N)=O)c2c(OCC(=O)N[C@@H](CC(C)C)C(=O)O)cccc2n1Cc1ccccc1.Cc1c(C(=O)C(N)=O)c2c(OCOC=O)cccc2n1Cc1ccccc1.Cl. The maximum atomic E-state index is 12.8. The number of amides is 5. The lowest BCUT2D eigenvalue weighted by atomic mass is 10.0. The Kier molecular flexibility index (Phi) is 33.4. The van der Waals surface area contributed by atoms with Crippen LogP contribution in [0.15, 0.2) is 146 Å². The molecule has 0 aliphatic rings. The van der Waals surface area contributed by atoms with Crippen LogP contribution in [0.2, 0.25) is 0 Å². The summed E-state index contributed by atoms with van der Waals surface area (Å²) < 4.78 is 36.6. The number of aliphatic carboxylic acids is 1. The number of hydrogen-bond donors (Lipinski definition) is 7. The number of rotatable bonds is 33. The monoisotopic (exact) mass is 1520 g/mol. The van der Waals surface area contributed by atoms with E-state index in [2.05, 4.69) is 20.1 Å². The highest BCUT2D eigenvalue weighted by atomic mass is 35.5. The summed E-state index contributed by atoms with van der Waals surface area (Å²) in [5, 5.41) is 15.7. The van der Waals surface area contributed by atoms with Gasteiger partial charge in [0.1, 0.15) is 35.4 Å². The quantitative estimate of drug-likeness (QED) is 0.00385. The first-order valence-corrected chi connectivity index (χ1v) is 34.5. The number of ketones is 3. The van der Waals surface area contributed by atoms with Gasteiger partial charge < -0.3 is 80.8 Å². The average Bonchev–Trinajstić information content (AvgIpc) is 1.62. The lowest BCUT2D eigenvalue weighted by Gasteiger charge is -2.18. The number of halogens is 1. The molecule has 11 N–H and O–H groups in total. The molecular weight excluding hydrogens is 1430 g/mol. The molecule has 9 aromatic rings. The fraction of sp³-hybridized carbons (Fsp3) is 0.325. The first kappa shape index (κ1) is 87.5. The molecule has 5 amide bonds. The van der Waals surface area contributed by atoms with Gasteiger partial charge in [-0.15, -0.1) is 12.4 Å². The van der Waals surface area contributed by atoms with Crippen LogP contribution in [0.5, 0.6) is 17.2 Å². The van der Waals surface area contributed by atoms with Crippen molar-refractivity contribution < 1.29 is 91.1 Å². The maximum absolute atomic E-state index is 12.8. The highest BCUT2D eigenvalue weighted by Gasteiger charge is 2.31. The Balaban J connectivity index is 0.000000276. The van der Waals surface area contributed by atoms with E-state index in [4.69, 9.17) is 41.9 Å². The number of carbonyl (C=O) groups is 12. The number of carbonyl (C=O) groups excluding carboxylic acids is 11. The van der Waals surface area contributed by atoms with Gasteiger partial charge in [-0.1, -0.05) is 151 Å². The zero-order chi connectivity index (χ0) is 79.6. The van der Waals surface area contributed by atoms with E-state index in [1.54, 1.807) is 63.2 Å². The molecule has 0 unspecified atom stereocenters. The van der Waals surface area contributed by atoms with E-state index in [9.17, 15) is 62.6 Å². The van der Waals surface area contributed by atoms with Crippen molar-refractivity contribution >= 4 is 116 Å². The number of nitrogens with two attached hydrogens (primary N) is 4. The lowest BCUT2D eigenvalue weighted by Crippen LogP contribution is -2.44. The molecule has 3 atom stereocenters. The number of carboxylic acids is 1. The van der Waals surface area contributed by atoms with E-state index in [0.29, 0.717) is 93.9 Å². The fourth-order valence-corrected chi connectivity index (χ4v) is 12.1. The number of nitrogens with one attached hydrogen (secondary N) is 2. The number of Topliss-reactive ketones (excluding diaryl/α,β-unsaturated/α-hetero) is 3. The Hall–Kier alpha value is -12.2. The molecule has 0 saturated heterocycles. The van der Waals surface area contributed by atoms with Gasteiger partial charge in [0, 0.05) is 36.7 Å². The van der Waals surface area contributed by atoms with Crippen LogP contribution >= 0.6 is 12.4 Å². The second kappa shape index (κ2) is 41.7. The summed E-state index contributed by atoms with van der Waals surface area (Å²) in [4.78, 5) is 143. The number of primary amides is 3.